The van der Waals surface area contributed by atoms with Crippen molar-refractivity contribution in [2.75, 3.05) is 16.8 Å². The molecule has 4 aromatic rings. The van der Waals surface area contributed by atoms with E-state index in [4.69, 9.17) is 16.3 Å². The molecule has 1 saturated heterocycles. The Hall–Kier alpha value is -4.07. The number of hydrogen-bond acceptors (Lipinski definition) is 7. The van der Waals surface area contributed by atoms with Crippen LogP contribution < -0.4 is 19.8 Å². The monoisotopic (exact) mass is 711 g/mol. The Balaban J connectivity index is 1.11. The summed E-state index contributed by atoms with van der Waals surface area (Å²) >= 11 is 8.70. The molecule has 3 fully saturated rings. The minimum Gasteiger partial charge on any atom is -0.483 e. The molecular weight excluding hydrogens is 687 g/mol. The minimum absolute atomic E-state index is 0.0730. The lowest BCUT2D eigenvalue weighted by Gasteiger charge is -2.43. The van der Waals surface area contributed by atoms with Crippen molar-refractivity contribution in [1.82, 2.24) is 4.98 Å². The molecule has 4 aliphatic rings. The molecular formula is C34H25ClF3N3O5S2. The van der Waals surface area contributed by atoms with Gasteiger partial charge in [-0.3, -0.25) is 24.1 Å². The number of imide groups is 1. The van der Waals surface area contributed by atoms with Crippen molar-refractivity contribution in [3.05, 3.63) is 103 Å². The average molecular weight is 712 g/mol. The van der Waals surface area contributed by atoms with Crippen molar-refractivity contribution < 1.29 is 32.3 Å². The molecule has 246 valence electrons. The first kappa shape index (κ1) is 31.2. The number of H-pyrrole nitrogens is 1. The van der Waals surface area contributed by atoms with E-state index >= 15 is 0 Å². The number of amides is 3. The van der Waals surface area contributed by atoms with Crippen molar-refractivity contribution in [1.29, 1.82) is 0 Å². The Bertz CT molecular complexity index is 2030. The number of aromatic amines is 1. The summed E-state index contributed by atoms with van der Waals surface area (Å²) in [5.74, 6) is -2.66. The molecule has 2 bridgehead atoms. The predicted octanol–water partition coefficient (Wildman–Crippen LogP) is 6.80. The Kier molecular flexibility index (Phi) is 7.49. The number of para-hydroxylation sites is 2. The van der Waals surface area contributed by atoms with Crippen LogP contribution in [0.4, 0.5) is 24.5 Å². The number of aromatic nitrogens is 1. The Labute approximate surface area is 284 Å². The summed E-state index contributed by atoms with van der Waals surface area (Å²) in [4.78, 5) is 58.2. The zero-order valence-electron chi connectivity index (χ0n) is 24.7. The van der Waals surface area contributed by atoms with Gasteiger partial charge >= 0.3 is 11.0 Å². The van der Waals surface area contributed by atoms with E-state index in [-0.39, 0.29) is 51.3 Å². The van der Waals surface area contributed by atoms with E-state index in [1.54, 1.807) is 48.2 Å². The van der Waals surface area contributed by atoms with Crippen LogP contribution in [-0.4, -0.2) is 34.6 Å². The fraction of sp³-hybridized carbons (Fsp3) is 0.294. The molecule has 48 heavy (non-hydrogen) atoms. The molecule has 8 rings (SSSR count). The molecule has 2 N–H and O–H groups in total. The first-order valence-electron chi connectivity index (χ1n) is 15.2. The second kappa shape index (κ2) is 11.5. The van der Waals surface area contributed by atoms with E-state index in [0.29, 0.717) is 33.5 Å². The van der Waals surface area contributed by atoms with Gasteiger partial charge in [-0.05, 0) is 66.6 Å². The molecule has 2 saturated carbocycles. The molecule has 8 nitrogen and oxygen atoms in total. The quantitative estimate of drug-likeness (QED) is 0.213. The van der Waals surface area contributed by atoms with E-state index in [1.807, 2.05) is 12.1 Å². The molecule has 3 amide bonds. The first-order valence-corrected chi connectivity index (χ1v) is 17.3. The van der Waals surface area contributed by atoms with Crippen LogP contribution in [0.1, 0.15) is 28.3 Å². The lowest BCUT2D eigenvalue weighted by molar-refractivity contribution is -0.137. The highest BCUT2D eigenvalue weighted by Crippen LogP contribution is 2.69. The SMILES string of the molecule is O=C(COc1ccccc1[C@H]1c2sc(=O)[nH]c2SC2C3CC(C4C(=O)N(c5ccc(Cl)cc5)C(=O)C34)C21)Nc1ccccc1C(F)(F)F. The Morgan fingerprint density at radius 3 is 2.40 bits per heavy atom. The number of hydrogen-bond donors (Lipinski definition) is 2. The van der Waals surface area contributed by atoms with E-state index < -0.39 is 36.1 Å². The molecule has 7 atom stereocenters. The highest BCUT2D eigenvalue weighted by Gasteiger charge is 2.69. The zero-order valence-corrected chi connectivity index (χ0v) is 27.1. The highest BCUT2D eigenvalue weighted by atomic mass is 35.5. The van der Waals surface area contributed by atoms with Gasteiger partial charge in [-0.1, -0.05) is 53.3 Å². The van der Waals surface area contributed by atoms with Crippen LogP contribution in [-0.2, 0) is 20.6 Å². The van der Waals surface area contributed by atoms with Crippen LogP contribution >= 0.6 is 34.7 Å². The molecule has 2 aliphatic carbocycles. The molecule has 0 spiro atoms. The van der Waals surface area contributed by atoms with Crippen molar-refractivity contribution in [3.63, 3.8) is 0 Å². The van der Waals surface area contributed by atoms with E-state index in [9.17, 15) is 32.3 Å². The number of fused-ring (bicyclic) bond motifs is 9. The van der Waals surface area contributed by atoms with Gasteiger partial charge in [0.2, 0.25) is 11.8 Å². The largest absolute Gasteiger partial charge is 0.483 e. The van der Waals surface area contributed by atoms with Crippen LogP contribution in [0.15, 0.2) is 82.6 Å². The van der Waals surface area contributed by atoms with Crippen LogP contribution in [0, 0.1) is 29.6 Å². The summed E-state index contributed by atoms with van der Waals surface area (Å²) in [7, 11) is 0. The number of nitrogens with zero attached hydrogens (tertiary/aromatic N) is 1. The third-order valence-corrected chi connectivity index (χ3v) is 12.8. The molecule has 2 aliphatic heterocycles. The first-order chi connectivity index (χ1) is 23.0. The third kappa shape index (κ3) is 4.97. The molecule has 3 aromatic carbocycles. The number of nitrogens with one attached hydrogen (secondary N) is 2. The van der Waals surface area contributed by atoms with Gasteiger partial charge in [-0.25, -0.2) is 0 Å². The Morgan fingerprint density at radius 1 is 0.958 bits per heavy atom. The number of halogens is 4. The summed E-state index contributed by atoms with van der Waals surface area (Å²) in [5, 5.41) is 3.44. The van der Waals surface area contributed by atoms with Gasteiger partial charge in [0.05, 0.1) is 33.8 Å². The fourth-order valence-corrected chi connectivity index (χ4v) is 11.3. The van der Waals surface area contributed by atoms with Crippen LogP contribution in [0.3, 0.4) is 0 Å². The lowest BCUT2D eigenvalue weighted by atomic mass is 9.68. The average Bonchev–Trinajstić information content (AvgIpc) is 3.79. The number of anilines is 2. The van der Waals surface area contributed by atoms with Gasteiger partial charge in [0.15, 0.2) is 6.61 Å². The maximum atomic E-state index is 14.0. The molecule has 3 heterocycles. The molecule has 0 radical (unpaired) electrons. The number of alkyl halides is 3. The standard InChI is InChI=1S/C34H25ClF3N3O5S2/c35-15-9-11-16(12-10-15)41-31(43)26-18-13-19(27(26)32(41)44)28-25(18)24(29-30(47-28)40-33(45)48-29)17-5-1-4-8-22(17)46-14-23(42)39-21-7-3-2-6-20(21)34(36,37)38/h1-12,18-19,24-28H,13-14H2,(H,39,42)(H,40,45)/t18?,19?,24-,25?,26?,27?,28?/m1/s1. The van der Waals surface area contributed by atoms with Crippen molar-refractivity contribution in [2.24, 2.45) is 29.6 Å². The van der Waals surface area contributed by atoms with Crippen molar-refractivity contribution in [3.8, 4) is 5.75 Å². The summed E-state index contributed by atoms with van der Waals surface area (Å²) in [6.45, 7) is -0.561. The van der Waals surface area contributed by atoms with Gasteiger partial charge < -0.3 is 15.0 Å². The normalized spacial score (nSPS) is 27.1. The summed E-state index contributed by atoms with van der Waals surface area (Å²) in [6, 6.07) is 18.4. The summed E-state index contributed by atoms with van der Waals surface area (Å²) in [6.07, 6.45) is -3.97. The van der Waals surface area contributed by atoms with Crippen molar-refractivity contribution >= 4 is 63.8 Å². The minimum atomic E-state index is -4.65. The number of carbonyl (C=O) groups excluding carboxylic acids is 3. The lowest BCUT2D eigenvalue weighted by Crippen LogP contribution is -2.42. The molecule has 6 unspecified atom stereocenters. The van der Waals surface area contributed by atoms with Gasteiger partial charge in [0.25, 0.3) is 5.91 Å². The number of thiazole rings is 1. The fourth-order valence-electron chi connectivity index (χ4n) is 8.25. The van der Waals surface area contributed by atoms with E-state index in [0.717, 1.165) is 22.3 Å². The number of ether oxygens (including phenoxy) is 1. The summed E-state index contributed by atoms with van der Waals surface area (Å²) in [5.41, 5.74) is -0.166. The third-order valence-electron chi connectivity index (χ3n) is 9.93. The molecule has 1 aromatic heterocycles. The number of rotatable bonds is 6. The zero-order chi connectivity index (χ0) is 33.5. The maximum Gasteiger partial charge on any atom is 0.418 e. The number of benzene rings is 3. The van der Waals surface area contributed by atoms with Crippen molar-refractivity contribution in [2.45, 2.75) is 28.8 Å². The summed E-state index contributed by atoms with van der Waals surface area (Å²) < 4.78 is 46.5. The van der Waals surface area contributed by atoms with Crippen LogP contribution in [0.5, 0.6) is 5.75 Å². The van der Waals surface area contributed by atoms with Gasteiger partial charge in [-0.15, -0.1) is 11.8 Å². The Morgan fingerprint density at radius 2 is 1.65 bits per heavy atom. The second-order valence-corrected chi connectivity index (χ2v) is 15.0. The predicted molar refractivity (Wildman–Crippen MR) is 174 cm³/mol. The number of carbonyl (C=O) groups is 3. The smallest absolute Gasteiger partial charge is 0.418 e. The topological polar surface area (TPSA) is 109 Å². The van der Waals surface area contributed by atoms with Gasteiger partial charge in [0, 0.05) is 26.6 Å². The van der Waals surface area contributed by atoms with E-state index in [1.165, 1.54) is 23.1 Å². The van der Waals surface area contributed by atoms with E-state index in [2.05, 4.69) is 10.3 Å². The molecule has 14 heteroatoms. The van der Waals surface area contributed by atoms with Gasteiger partial charge in [-0.2, -0.15) is 13.2 Å². The second-order valence-electron chi connectivity index (χ2n) is 12.4. The maximum absolute atomic E-state index is 14.0. The van der Waals surface area contributed by atoms with Crippen LogP contribution in [0.2, 0.25) is 5.02 Å². The van der Waals surface area contributed by atoms with Gasteiger partial charge in [0.1, 0.15) is 5.75 Å². The highest BCUT2D eigenvalue weighted by molar-refractivity contribution is 8.00. The number of thioether (sulfide) groups is 1. The van der Waals surface area contributed by atoms with Crippen LogP contribution in [0.25, 0.3) is 0 Å².